The van der Waals surface area contributed by atoms with Crippen LogP contribution in [0, 0.1) is 0 Å². The van der Waals surface area contributed by atoms with Gasteiger partial charge >= 0.3 is 0 Å². The molecule has 0 bridgehead atoms. The molecular formula is C14H21N3O4S. The minimum absolute atomic E-state index is 0.207. The second-order valence-corrected chi connectivity index (χ2v) is 7.05. The molecule has 0 aliphatic rings. The zero-order chi connectivity index (χ0) is 16.8. The third-order valence-corrected chi connectivity index (χ3v) is 4.26. The van der Waals surface area contributed by atoms with Gasteiger partial charge in [0.1, 0.15) is 0 Å². The third kappa shape index (κ3) is 6.23. The van der Waals surface area contributed by atoms with Crippen LogP contribution in [0.1, 0.15) is 23.7 Å². The van der Waals surface area contributed by atoms with Gasteiger partial charge in [0.2, 0.25) is 15.9 Å². The molecule has 0 spiro atoms. The van der Waals surface area contributed by atoms with Crippen LogP contribution >= 0.6 is 0 Å². The fourth-order valence-electron chi connectivity index (χ4n) is 1.71. The maximum Gasteiger partial charge on any atom is 0.251 e. The zero-order valence-electron chi connectivity index (χ0n) is 12.9. The van der Waals surface area contributed by atoms with Gasteiger partial charge in [-0.05, 0) is 24.6 Å². The number of carbonyl (C=O) groups is 2. The Kier molecular flexibility index (Phi) is 6.51. The fraction of sp³-hybridized carbons (Fsp3) is 0.429. The van der Waals surface area contributed by atoms with Crippen LogP contribution in [0.3, 0.4) is 0 Å². The highest BCUT2D eigenvalue weighted by Crippen LogP contribution is 2.10. The van der Waals surface area contributed by atoms with Crippen molar-refractivity contribution < 1.29 is 18.0 Å². The fourth-order valence-corrected chi connectivity index (χ4v) is 2.17. The van der Waals surface area contributed by atoms with Crippen LogP contribution in [-0.4, -0.2) is 50.9 Å². The summed E-state index contributed by atoms with van der Waals surface area (Å²) in [6.07, 6.45) is 1.65. The molecule has 122 valence electrons. The van der Waals surface area contributed by atoms with Gasteiger partial charge in [0, 0.05) is 38.3 Å². The number of rotatable bonds is 7. The minimum Gasteiger partial charge on any atom is -0.352 e. The number of anilines is 1. The summed E-state index contributed by atoms with van der Waals surface area (Å²) >= 11 is 0. The Balaban J connectivity index is 2.47. The topological polar surface area (TPSA) is 95.6 Å². The summed E-state index contributed by atoms with van der Waals surface area (Å²) in [5.74, 6) is -0.476. The summed E-state index contributed by atoms with van der Waals surface area (Å²) in [5.41, 5.74) is 0.986. The van der Waals surface area contributed by atoms with Crippen molar-refractivity contribution in [2.45, 2.75) is 13.3 Å². The molecule has 0 aliphatic heterocycles. The van der Waals surface area contributed by atoms with Crippen LogP contribution in [0.4, 0.5) is 5.69 Å². The van der Waals surface area contributed by atoms with Crippen molar-refractivity contribution in [3.05, 3.63) is 29.8 Å². The van der Waals surface area contributed by atoms with Gasteiger partial charge in [-0.15, -0.1) is 0 Å². The van der Waals surface area contributed by atoms with Gasteiger partial charge in [0.05, 0.1) is 6.26 Å². The number of benzene rings is 1. The molecule has 7 nitrogen and oxygen atoms in total. The SMILES string of the molecule is CC(=O)Nc1cccc(C(=O)NCCCN(C)S(C)(=O)=O)c1. The van der Waals surface area contributed by atoms with E-state index in [1.165, 1.54) is 18.3 Å². The molecule has 1 rings (SSSR count). The summed E-state index contributed by atoms with van der Waals surface area (Å²) in [4.78, 5) is 23.0. The lowest BCUT2D eigenvalue weighted by molar-refractivity contribution is -0.114. The van der Waals surface area contributed by atoms with Crippen molar-refractivity contribution in [1.29, 1.82) is 0 Å². The van der Waals surface area contributed by atoms with Crippen molar-refractivity contribution in [3.8, 4) is 0 Å². The molecule has 1 aromatic carbocycles. The van der Waals surface area contributed by atoms with Crippen molar-refractivity contribution in [2.75, 3.05) is 31.7 Å². The maximum absolute atomic E-state index is 12.0. The maximum atomic E-state index is 12.0. The first-order valence-electron chi connectivity index (χ1n) is 6.77. The van der Waals surface area contributed by atoms with Gasteiger partial charge in [-0.1, -0.05) is 6.07 Å². The average molecular weight is 327 g/mol. The van der Waals surface area contributed by atoms with E-state index in [-0.39, 0.29) is 11.8 Å². The van der Waals surface area contributed by atoms with Gasteiger partial charge in [-0.2, -0.15) is 0 Å². The molecule has 2 N–H and O–H groups in total. The Hall–Kier alpha value is -1.93. The number of hydrogen-bond donors (Lipinski definition) is 2. The van der Waals surface area contributed by atoms with Gasteiger partial charge in [-0.3, -0.25) is 9.59 Å². The van der Waals surface area contributed by atoms with Gasteiger partial charge in [-0.25, -0.2) is 12.7 Å². The van der Waals surface area contributed by atoms with Gasteiger partial charge < -0.3 is 10.6 Å². The second kappa shape index (κ2) is 7.90. The highest BCUT2D eigenvalue weighted by molar-refractivity contribution is 7.88. The van der Waals surface area contributed by atoms with E-state index in [1.54, 1.807) is 24.3 Å². The summed E-state index contributed by atoms with van der Waals surface area (Å²) in [7, 11) is -1.70. The molecular weight excluding hydrogens is 306 g/mol. The van der Waals surface area contributed by atoms with Gasteiger partial charge in [0.15, 0.2) is 0 Å². The van der Waals surface area contributed by atoms with Crippen molar-refractivity contribution in [2.24, 2.45) is 0 Å². The summed E-state index contributed by atoms with van der Waals surface area (Å²) in [6.45, 7) is 2.10. The van der Waals surface area contributed by atoms with E-state index < -0.39 is 10.0 Å². The van der Waals surface area contributed by atoms with Crippen LogP contribution in [0.2, 0.25) is 0 Å². The number of nitrogens with one attached hydrogen (secondary N) is 2. The third-order valence-electron chi connectivity index (χ3n) is 2.95. The minimum atomic E-state index is -3.19. The smallest absolute Gasteiger partial charge is 0.251 e. The van der Waals surface area contributed by atoms with Crippen LogP contribution in [0.15, 0.2) is 24.3 Å². The predicted molar refractivity (Wildman–Crippen MR) is 85.2 cm³/mol. The molecule has 0 saturated heterocycles. The van der Waals surface area contributed by atoms with Crippen molar-refractivity contribution in [3.63, 3.8) is 0 Å². The van der Waals surface area contributed by atoms with E-state index >= 15 is 0 Å². The summed E-state index contributed by atoms with van der Waals surface area (Å²) in [6, 6.07) is 6.60. The highest BCUT2D eigenvalue weighted by atomic mass is 32.2. The number of sulfonamides is 1. The Morgan fingerprint density at radius 1 is 1.27 bits per heavy atom. The highest BCUT2D eigenvalue weighted by Gasteiger charge is 2.10. The van der Waals surface area contributed by atoms with Crippen molar-refractivity contribution >= 4 is 27.5 Å². The molecule has 0 saturated carbocycles. The van der Waals surface area contributed by atoms with Crippen LogP contribution in [-0.2, 0) is 14.8 Å². The molecule has 0 heterocycles. The van der Waals surface area contributed by atoms with E-state index in [4.69, 9.17) is 0 Å². The van der Waals surface area contributed by atoms with Crippen LogP contribution in [0.25, 0.3) is 0 Å². The molecule has 0 aliphatic carbocycles. The Labute approximate surface area is 130 Å². The van der Waals surface area contributed by atoms with E-state index in [0.717, 1.165) is 6.26 Å². The van der Waals surface area contributed by atoms with Gasteiger partial charge in [0.25, 0.3) is 5.91 Å². The normalized spacial score (nSPS) is 11.3. The van der Waals surface area contributed by atoms with E-state index in [9.17, 15) is 18.0 Å². The predicted octanol–water partition coefficient (Wildman–Crippen LogP) is 0.656. The zero-order valence-corrected chi connectivity index (χ0v) is 13.7. The molecule has 0 unspecified atom stereocenters. The van der Waals surface area contributed by atoms with Crippen LogP contribution in [0.5, 0.6) is 0 Å². The quantitative estimate of drug-likeness (QED) is 0.719. The van der Waals surface area contributed by atoms with Crippen LogP contribution < -0.4 is 10.6 Å². The molecule has 0 aromatic heterocycles. The Bertz CT molecular complexity index is 643. The lowest BCUT2D eigenvalue weighted by Crippen LogP contribution is -2.30. The molecule has 1 aromatic rings. The number of hydrogen-bond acceptors (Lipinski definition) is 4. The summed E-state index contributed by atoms with van der Waals surface area (Å²) in [5, 5.41) is 5.32. The molecule has 8 heteroatoms. The lowest BCUT2D eigenvalue weighted by atomic mass is 10.2. The molecule has 0 radical (unpaired) electrons. The van der Waals surface area contributed by atoms with Crippen molar-refractivity contribution in [1.82, 2.24) is 9.62 Å². The second-order valence-electron chi connectivity index (χ2n) is 4.96. The lowest BCUT2D eigenvalue weighted by Gasteiger charge is -2.14. The standard InChI is InChI=1S/C14H21N3O4S/c1-11(18)16-13-7-4-6-12(10-13)14(19)15-8-5-9-17(2)22(3,20)21/h4,6-7,10H,5,8-9H2,1-3H3,(H,15,19)(H,16,18). The Morgan fingerprint density at radius 3 is 2.55 bits per heavy atom. The largest absolute Gasteiger partial charge is 0.352 e. The number of amides is 2. The monoisotopic (exact) mass is 327 g/mol. The molecule has 0 fully saturated rings. The van der Waals surface area contributed by atoms with E-state index in [0.29, 0.717) is 30.8 Å². The Morgan fingerprint density at radius 2 is 1.95 bits per heavy atom. The molecule has 0 atom stereocenters. The first-order chi connectivity index (χ1) is 10.2. The van der Waals surface area contributed by atoms with E-state index in [1.807, 2.05) is 0 Å². The molecule has 2 amide bonds. The first-order valence-corrected chi connectivity index (χ1v) is 8.62. The first kappa shape index (κ1) is 18.1. The van der Waals surface area contributed by atoms with E-state index in [2.05, 4.69) is 10.6 Å². The number of carbonyl (C=O) groups excluding carboxylic acids is 2. The molecule has 22 heavy (non-hydrogen) atoms. The summed E-state index contributed by atoms with van der Waals surface area (Å²) < 4.78 is 23.7. The number of nitrogens with zero attached hydrogens (tertiary/aromatic N) is 1. The average Bonchev–Trinajstić information content (AvgIpc) is 2.41.